The minimum Gasteiger partial charge on any atom is -0.492 e. The van der Waals surface area contributed by atoms with Gasteiger partial charge in [0.15, 0.2) is 0 Å². The largest absolute Gasteiger partial charge is 0.492 e. The molecule has 0 spiro atoms. The second-order valence-electron chi connectivity index (χ2n) is 7.98. The average molecular weight is 435 g/mol. The maximum absolute atomic E-state index is 12.8. The van der Waals surface area contributed by atoms with Gasteiger partial charge in [0.1, 0.15) is 12.4 Å². The van der Waals surface area contributed by atoms with Gasteiger partial charge in [0.05, 0.1) is 19.1 Å². The van der Waals surface area contributed by atoms with Crippen molar-refractivity contribution in [3.05, 3.63) is 35.6 Å². The molecule has 1 aliphatic heterocycles. The molecule has 0 fully saturated rings. The Morgan fingerprint density at radius 1 is 1.10 bits per heavy atom. The van der Waals surface area contributed by atoms with Gasteiger partial charge >= 0.3 is 0 Å². The zero-order valence-corrected chi connectivity index (χ0v) is 19.5. The van der Waals surface area contributed by atoms with Gasteiger partial charge in [-0.3, -0.25) is 14.4 Å². The molecule has 8 nitrogen and oxygen atoms in total. The third kappa shape index (κ3) is 10.3. The standard InChI is InChI=1S/C23H38N4O4/c1-6-7-8-11-19-18(4)10-9-12-24-20(28)15-26-21(29)16-27(5)23(30)22(17(2)3)25-13-14-31-19/h6-8,11,17,22,25H,9-10,12-16H2,1-5H3,(H,24,28)(H,26,29)/b7-6-,11-8-,19-18-. The molecule has 3 N–H and O–H groups in total. The van der Waals surface area contributed by atoms with Crippen molar-refractivity contribution in [3.8, 4) is 0 Å². The second-order valence-corrected chi connectivity index (χ2v) is 7.98. The number of ether oxygens (including phenoxy) is 1. The first kappa shape index (κ1) is 26.4. The van der Waals surface area contributed by atoms with Gasteiger partial charge in [0, 0.05) is 20.1 Å². The fraction of sp³-hybridized carbons (Fsp3) is 0.609. The molecule has 0 aromatic rings. The van der Waals surface area contributed by atoms with Crippen molar-refractivity contribution >= 4 is 17.7 Å². The van der Waals surface area contributed by atoms with Crippen LogP contribution in [-0.4, -0.2) is 68.5 Å². The highest BCUT2D eigenvalue weighted by atomic mass is 16.5. The molecular formula is C23H38N4O4. The highest BCUT2D eigenvalue weighted by Gasteiger charge is 2.26. The molecule has 1 heterocycles. The lowest BCUT2D eigenvalue weighted by molar-refractivity contribution is -0.137. The highest BCUT2D eigenvalue weighted by Crippen LogP contribution is 2.14. The SMILES string of the molecule is C\C=C/C=C\C1=C(/C)CCCNC(=O)CNC(=O)CN(C)C(=O)C(C(C)C)NCCO1. The number of allylic oxidation sites excluding steroid dienone is 5. The van der Waals surface area contributed by atoms with E-state index < -0.39 is 6.04 Å². The molecule has 1 unspecified atom stereocenters. The van der Waals surface area contributed by atoms with E-state index in [0.29, 0.717) is 19.7 Å². The lowest BCUT2D eigenvalue weighted by Gasteiger charge is -2.27. The van der Waals surface area contributed by atoms with E-state index in [0.717, 1.165) is 24.2 Å². The third-order valence-electron chi connectivity index (χ3n) is 4.88. The normalized spacial score (nSPS) is 24.1. The van der Waals surface area contributed by atoms with Gasteiger partial charge in [-0.1, -0.05) is 32.1 Å². The summed E-state index contributed by atoms with van der Waals surface area (Å²) in [5.74, 6) is 0.0473. The molecule has 1 aliphatic rings. The lowest BCUT2D eigenvalue weighted by Crippen LogP contribution is -2.51. The molecule has 0 aliphatic carbocycles. The van der Waals surface area contributed by atoms with Crippen molar-refractivity contribution in [2.75, 3.05) is 39.8 Å². The molecule has 0 aromatic heterocycles. The molecule has 3 amide bonds. The first-order valence-electron chi connectivity index (χ1n) is 10.9. The zero-order valence-electron chi connectivity index (χ0n) is 19.5. The Kier molecular flexibility index (Phi) is 12.3. The average Bonchev–Trinajstić information content (AvgIpc) is 2.72. The number of rotatable bonds is 3. The highest BCUT2D eigenvalue weighted by molar-refractivity contribution is 5.89. The molecule has 174 valence electrons. The molecule has 1 rings (SSSR count). The lowest BCUT2D eigenvalue weighted by atomic mass is 10.0. The first-order chi connectivity index (χ1) is 14.8. The minimum atomic E-state index is -0.435. The van der Waals surface area contributed by atoms with Gasteiger partial charge in [0.25, 0.3) is 0 Å². The Hall–Kier alpha value is -2.61. The molecule has 1 atom stereocenters. The van der Waals surface area contributed by atoms with Crippen molar-refractivity contribution in [3.63, 3.8) is 0 Å². The smallest absolute Gasteiger partial charge is 0.240 e. The predicted molar refractivity (Wildman–Crippen MR) is 122 cm³/mol. The van der Waals surface area contributed by atoms with Gasteiger partial charge in [-0.25, -0.2) is 0 Å². The fourth-order valence-corrected chi connectivity index (χ4v) is 3.08. The molecule has 0 radical (unpaired) electrons. The Balaban J connectivity index is 2.96. The maximum Gasteiger partial charge on any atom is 0.240 e. The van der Waals surface area contributed by atoms with Gasteiger partial charge in [-0.05, 0) is 44.3 Å². The first-order valence-corrected chi connectivity index (χ1v) is 10.9. The summed E-state index contributed by atoms with van der Waals surface area (Å²) in [7, 11) is 1.59. The van der Waals surface area contributed by atoms with Crippen molar-refractivity contribution in [2.45, 2.75) is 46.6 Å². The second kappa shape index (κ2) is 14.4. The summed E-state index contributed by atoms with van der Waals surface area (Å²) in [5, 5.41) is 8.62. The Morgan fingerprint density at radius 2 is 1.84 bits per heavy atom. The van der Waals surface area contributed by atoms with Crippen molar-refractivity contribution in [2.24, 2.45) is 5.92 Å². The quantitative estimate of drug-likeness (QED) is 0.585. The maximum atomic E-state index is 12.8. The molecule has 8 heteroatoms. The van der Waals surface area contributed by atoms with E-state index in [4.69, 9.17) is 4.74 Å². The Labute approximate surface area is 186 Å². The van der Waals surface area contributed by atoms with Crippen LogP contribution in [0.5, 0.6) is 0 Å². The Morgan fingerprint density at radius 3 is 2.52 bits per heavy atom. The van der Waals surface area contributed by atoms with E-state index in [2.05, 4.69) is 16.0 Å². The number of carbonyl (C=O) groups is 3. The van der Waals surface area contributed by atoms with Crippen LogP contribution in [0.4, 0.5) is 0 Å². The van der Waals surface area contributed by atoms with E-state index in [1.807, 2.05) is 52.0 Å². The number of nitrogens with one attached hydrogen (secondary N) is 3. The van der Waals surface area contributed by atoms with E-state index in [9.17, 15) is 14.4 Å². The van der Waals surface area contributed by atoms with E-state index in [1.165, 1.54) is 4.90 Å². The molecule has 31 heavy (non-hydrogen) atoms. The van der Waals surface area contributed by atoms with E-state index in [1.54, 1.807) is 7.05 Å². The van der Waals surface area contributed by atoms with Crippen molar-refractivity contribution in [1.29, 1.82) is 0 Å². The van der Waals surface area contributed by atoms with Gasteiger partial charge < -0.3 is 25.6 Å². The number of amides is 3. The van der Waals surface area contributed by atoms with Crippen LogP contribution in [-0.2, 0) is 19.1 Å². The summed E-state index contributed by atoms with van der Waals surface area (Å²) in [6.07, 6.45) is 9.27. The van der Waals surface area contributed by atoms with Crippen LogP contribution in [0, 0.1) is 5.92 Å². The van der Waals surface area contributed by atoms with Crippen molar-refractivity contribution in [1.82, 2.24) is 20.9 Å². The van der Waals surface area contributed by atoms with Crippen LogP contribution in [0.25, 0.3) is 0 Å². The summed E-state index contributed by atoms with van der Waals surface area (Å²) in [6, 6.07) is -0.435. The monoisotopic (exact) mass is 434 g/mol. The number of hydrogen-bond acceptors (Lipinski definition) is 5. The summed E-state index contributed by atoms with van der Waals surface area (Å²) in [5.41, 5.74) is 1.08. The molecule has 0 aromatic carbocycles. The van der Waals surface area contributed by atoms with Crippen LogP contribution in [0.3, 0.4) is 0 Å². The summed E-state index contributed by atoms with van der Waals surface area (Å²) in [4.78, 5) is 38.3. The predicted octanol–water partition coefficient (Wildman–Crippen LogP) is 1.51. The van der Waals surface area contributed by atoms with Gasteiger partial charge in [0.2, 0.25) is 17.7 Å². The molecule has 0 bridgehead atoms. The van der Waals surface area contributed by atoms with Crippen LogP contribution < -0.4 is 16.0 Å². The summed E-state index contributed by atoms with van der Waals surface area (Å²) >= 11 is 0. The van der Waals surface area contributed by atoms with Crippen LogP contribution in [0.1, 0.15) is 40.5 Å². The molecule has 0 saturated heterocycles. The summed E-state index contributed by atoms with van der Waals surface area (Å²) < 4.78 is 5.99. The third-order valence-corrected chi connectivity index (χ3v) is 4.88. The topological polar surface area (TPSA) is 99.8 Å². The zero-order chi connectivity index (χ0) is 23.2. The van der Waals surface area contributed by atoms with Gasteiger partial charge in [-0.15, -0.1) is 0 Å². The molecular weight excluding hydrogens is 396 g/mol. The van der Waals surface area contributed by atoms with Crippen LogP contribution >= 0.6 is 0 Å². The number of nitrogens with zero attached hydrogens (tertiary/aromatic N) is 1. The number of likely N-dealkylation sites (N-methyl/N-ethyl adjacent to an activating group) is 1. The van der Waals surface area contributed by atoms with E-state index >= 15 is 0 Å². The number of hydrogen-bond donors (Lipinski definition) is 3. The minimum absolute atomic E-state index is 0.0423. The van der Waals surface area contributed by atoms with E-state index in [-0.39, 0.29) is 36.7 Å². The summed E-state index contributed by atoms with van der Waals surface area (Å²) in [6.45, 7) is 9.07. The van der Waals surface area contributed by atoms with Gasteiger partial charge in [-0.2, -0.15) is 0 Å². The fourth-order valence-electron chi connectivity index (χ4n) is 3.08. The van der Waals surface area contributed by atoms with Crippen LogP contribution in [0.2, 0.25) is 0 Å². The number of carbonyl (C=O) groups excluding carboxylic acids is 3. The molecule has 0 saturated carbocycles. The van der Waals surface area contributed by atoms with Crippen molar-refractivity contribution < 1.29 is 19.1 Å². The Bertz CT molecular complexity index is 698. The van der Waals surface area contributed by atoms with Crippen LogP contribution in [0.15, 0.2) is 35.6 Å².